The zero-order valence-corrected chi connectivity index (χ0v) is 20.6. The summed E-state index contributed by atoms with van der Waals surface area (Å²) >= 11 is 11.6. The number of sulfonamides is 1. The van der Waals surface area contributed by atoms with Crippen LogP contribution in [0.2, 0.25) is 10.0 Å². The second kappa shape index (κ2) is 9.81. The van der Waals surface area contributed by atoms with Gasteiger partial charge in [-0.15, -0.1) is 0 Å². The lowest BCUT2D eigenvalue weighted by atomic mass is 10.0. The Labute approximate surface area is 218 Å². The van der Waals surface area contributed by atoms with Crippen LogP contribution in [0.15, 0.2) is 65.6 Å². The number of hydrogen-bond donors (Lipinski definition) is 1. The van der Waals surface area contributed by atoms with E-state index in [1.54, 1.807) is 4.72 Å². The van der Waals surface area contributed by atoms with E-state index >= 15 is 0 Å². The molecule has 0 bridgehead atoms. The first-order chi connectivity index (χ1) is 17.3. The van der Waals surface area contributed by atoms with Crippen molar-refractivity contribution in [3.63, 3.8) is 0 Å². The summed E-state index contributed by atoms with van der Waals surface area (Å²) in [5.74, 6) is -9.00. The lowest BCUT2D eigenvalue weighted by Gasteiger charge is -2.19. The van der Waals surface area contributed by atoms with Crippen LogP contribution in [0.4, 0.5) is 23.2 Å². The lowest BCUT2D eigenvalue weighted by molar-refractivity contribution is -0.141. The zero-order valence-electron chi connectivity index (χ0n) is 18.3. The molecule has 13 heteroatoms. The van der Waals surface area contributed by atoms with E-state index in [2.05, 4.69) is 0 Å². The molecule has 0 aliphatic carbocycles. The second-order valence-corrected chi connectivity index (χ2v) is 10.3. The molecule has 1 N–H and O–H groups in total. The maximum Gasteiger partial charge on any atom is 0.352 e. The van der Waals surface area contributed by atoms with Gasteiger partial charge in [-0.3, -0.25) is 9.59 Å². The molecule has 0 atom stereocenters. The molecule has 2 amide bonds. The van der Waals surface area contributed by atoms with Crippen molar-refractivity contribution in [3.05, 3.63) is 99.0 Å². The van der Waals surface area contributed by atoms with Crippen molar-refractivity contribution in [1.82, 2.24) is 4.72 Å². The molecule has 37 heavy (non-hydrogen) atoms. The van der Waals surface area contributed by atoms with Gasteiger partial charge in [0.2, 0.25) is 0 Å². The van der Waals surface area contributed by atoms with Crippen molar-refractivity contribution in [2.45, 2.75) is 17.4 Å². The number of amides is 2. The summed E-state index contributed by atoms with van der Waals surface area (Å²) in [6.45, 7) is -0.513. The normalized spacial score (nSPS) is 14.8. The van der Waals surface area contributed by atoms with Crippen molar-refractivity contribution < 1.29 is 35.6 Å². The smallest absolute Gasteiger partial charge is 0.301 e. The van der Waals surface area contributed by atoms with Crippen LogP contribution in [0.25, 0.3) is 6.08 Å². The molecule has 1 aliphatic rings. The van der Waals surface area contributed by atoms with Crippen molar-refractivity contribution in [1.29, 1.82) is 0 Å². The molecule has 0 saturated heterocycles. The Morgan fingerprint density at radius 2 is 1.73 bits per heavy atom. The highest BCUT2D eigenvalue weighted by atomic mass is 35.5. The first-order valence-corrected chi connectivity index (χ1v) is 12.5. The minimum atomic E-state index is -4.35. The van der Waals surface area contributed by atoms with Gasteiger partial charge in [0.15, 0.2) is 11.6 Å². The van der Waals surface area contributed by atoms with Gasteiger partial charge in [-0.2, -0.15) is 8.78 Å². The quantitative estimate of drug-likeness (QED) is 0.315. The van der Waals surface area contributed by atoms with E-state index in [4.69, 9.17) is 23.2 Å². The monoisotopic (exact) mass is 572 g/mol. The fourth-order valence-electron chi connectivity index (χ4n) is 3.64. The maximum atomic E-state index is 14.7. The van der Waals surface area contributed by atoms with Crippen LogP contribution in [-0.4, -0.2) is 20.2 Å². The van der Waals surface area contributed by atoms with Crippen molar-refractivity contribution >= 4 is 56.8 Å². The number of hydrogen-bond acceptors (Lipinski definition) is 4. The molecule has 0 aromatic heterocycles. The summed E-state index contributed by atoms with van der Waals surface area (Å²) in [5.41, 5.74) is -0.905. The zero-order chi connectivity index (χ0) is 27.1. The van der Waals surface area contributed by atoms with E-state index in [1.165, 1.54) is 18.2 Å². The molecule has 0 spiro atoms. The van der Waals surface area contributed by atoms with Crippen molar-refractivity contribution in [2.24, 2.45) is 0 Å². The molecule has 192 valence electrons. The number of halogens is 6. The Kier molecular flexibility index (Phi) is 7.06. The minimum absolute atomic E-state index is 0.0207. The number of carbonyl (C=O) groups is 2. The first-order valence-electron chi connectivity index (χ1n) is 10.3. The molecule has 0 unspecified atom stereocenters. The Morgan fingerprint density at radius 1 is 1.00 bits per heavy atom. The van der Waals surface area contributed by atoms with E-state index in [-0.39, 0.29) is 31.8 Å². The summed E-state index contributed by atoms with van der Waals surface area (Å²) in [4.78, 5) is 25.2. The van der Waals surface area contributed by atoms with Crippen LogP contribution in [0, 0.1) is 11.6 Å². The molecule has 0 radical (unpaired) electrons. The van der Waals surface area contributed by atoms with Gasteiger partial charge in [0.25, 0.3) is 15.9 Å². The van der Waals surface area contributed by atoms with Gasteiger partial charge < -0.3 is 4.90 Å². The number of carbonyl (C=O) groups excluding carboxylic acids is 2. The van der Waals surface area contributed by atoms with Gasteiger partial charge in [-0.05, 0) is 47.5 Å². The SMILES string of the molecule is O=C(/C=C/c1cccc2c1N(Cc1ccc(F)c(F)c1)C(=O)C2(F)F)NS(=O)(=O)c1ccc(Cl)c(Cl)c1. The Bertz CT molecular complexity index is 1580. The number of rotatable bonds is 6. The molecular formula is C24H14Cl2F4N2O4S. The maximum absolute atomic E-state index is 14.7. The summed E-state index contributed by atoms with van der Waals surface area (Å²) in [6, 6.07) is 9.68. The number of fused-ring (bicyclic) bond motifs is 1. The van der Waals surface area contributed by atoms with Crippen LogP contribution >= 0.6 is 23.2 Å². The number of nitrogens with one attached hydrogen (secondary N) is 1. The molecule has 0 saturated carbocycles. The Morgan fingerprint density at radius 3 is 2.41 bits per heavy atom. The third-order valence-electron chi connectivity index (χ3n) is 5.36. The fraction of sp³-hybridized carbons (Fsp3) is 0.0833. The fourth-order valence-corrected chi connectivity index (χ4v) is 4.98. The first kappa shape index (κ1) is 26.6. The van der Waals surface area contributed by atoms with E-state index in [0.717, 1.165) is 48.6 Å². The van der Waals surface area contributed by atoms with Crippen molar-refractivity contribution in [3.8, 4) is 0 Å². The molecule has 3 aromatic rings. The van der Waals surface area contributed by atoms with Crippen molar-refractivity contribution in [2.75, 3.05) is 4.90 Å². The van der Waals surface area contributed by atoms with Crippen LogP contribution in [0.5, 0.6) is 0 Å². The van der Waals surface area contributed by atoms with Gasteiger partial charge in [0, 0.05) is 6.08 Å². The van der Waals surface area contributed by atoms with Gasteiger partial charge in [-0.25, -0.2) is 21.9 Å². The number of benzene rings is 3. The number of para-hydroxylation sites is 1. The summed E-state index contributed by atoms with van der Waals surface area (Å²) in [5, 5.41) is 0.0446. The van der Waals surface area contributed by atoms with E-state index in [9.17, 15) is 35.6 Å². The van der Waals surface area contributed by atoms with Gasteiger partial charge in [0.05, 0.1) is 32.7 Å². The van der Waals surface area contributed by atoms with Gasteiger partial charge in [-0.1, -0.05) is 47.5 Å². The van der Waals surface area contributed by atoms with Gasteiger partial charge >= 0.3 is 11.8 Å². The average Bonchev–Trinajstić information content (AvgIpc) is 3.02. The molecule has 3 aromatic carbocycles. The van der Waals surface area contributed by atoms with E-state index in [1.807, 2.05) is 0 Å². The Balaban J connectivity index is 1.64. The van der Waals surface area contributed by atoms with E-state index in [0.29, 0.717) is 4.90 Å². The van der Waals surface area contributed by atoms with Crippen LogP contribution in [0.3, 0.4) is 0 Å². The number of nitrogens with zero attached hydrogens (tertiary/aromatic N) is 1. The highest BCUT2D eigenvalue weighted by Crippen LogP contribution is 2.47. The third kappa shape index (κ3) is 5.20. The number of anilines is 1. The summed E-state index contributed by atoms with van der Waals surface area (Å²) < 4.78 is 83.1. The summed E-state index contributed by atoms with van der Waals surface area (Å²) in [7, 11) is -4.35. The molecule has 1 heterocycles. The molecule has 0 fully saturated rings. The predicted molar refractivity (Wildman–Crippen MR) is 129 cm³/mol. The highest BCUT2D eigenvalue weighted by Gasteiger charge is 2.53. The predicted octanol–water partition coefficient (Wildman–Crippen LogP) is 5.43. The Hall–Kier alpha value is -3.41. The topological polar surface area (TPSA) is 83.6 Å². The lowest BCUT2D eigenvalue weighted by Crippen LogP contribution is -2.34. The third-order valence-corrected chi connectivity index (χ3v) is 7.45. The van der Waals surface area contributed by atoms with Crippen LogP contribution in [0.1, 0.15) is 16.7 Å². The molecular weight excluding hydrogens is 559 g/mol. The van der Waals surface area contributed by atoms with Gasteiger partial charge in [0.1, 0.15) is 0 Å². The second-order valence-electron chi connectivity index (χ2n) is 7.84. The highest BCUT2D eigenvalue weighted by molar-refractivity contribution is 7.90. The average molecular weight is 573 g/mol. The molecule has 1 aliphatic heterocycles. The van der Waals surface area contributed by atoms with E-state index < -0.39 is 51.5 Å². The van der Waals surface area contributed by atoms with Crippen LogP contribution < -0.4 is 9.62 Å². The molecule has 4 rings (SSSR count). The molecule has 6 nitrogen and oxygen atoms in total. The number of alkyl halides is 2. The van der Waals surface area contributed by atoms with Crippen LogP contribution in [-0.2, 0) is 32.1 Å². The largest absolute Gasteiger partial charge is 0.352 e. The minimum Gasteiger partial charge on any atom is -0.301 e. The summed E-state index contributed by atoms with van der Waals surface area (Å²) in [6.07, 6.45) is 1.83. The standard InChI is InChI=1S/C24H14Cl2F4N2O4S/c25-17-7-6-15(11-18(17)26)37(35,36)31-21(33)9-5-14-2-1-3-16-22(14)32(23(34)24(16,29)30)12-13-4-8-19(27)20(28)10-13/h1-11H,12H2,(H,31,33)/b9-5+.